The lowest BCUT2D eigenvalue weighted by Gasteiger charge is -2.35. The summed E-state index contributed by atoms with van der Waals surface area (Å²) in [6.45, 7) is 10.4. The van der Waals surface area contributed by atoms with Crippen molar-refractivity contribution in [1.82, 2.24) is 9.96 Å². The minimum Gasteiger partial charge on any atom is -0.320 e. The molecule has 3 N–H and O–H groups in total. The molecule has 8 heteroatoms. The van der Waals surface area contributed by atoms with Crippen LogP contribution in [-0.2, 0) is 20.8 Å². The van der Waals surface area contributed by atoms with Crippen LogP contribution in [0.2, 0.25) is 0 Å². The summed E-state index contributed by atoms with van der Waals surface area (Å²) in [5, 5.41) is 11.9. The number of rotatable bonds is 15. The van der Waals surface area contributed by atoms with Gasteiger partial charge in [-0.1, -0.05) is 90.6 Å². The van der Waals surface area contributed by atoms with Crippen molar-refractivity contribution in [3.8, 4) is 0 Å². The normalized spacial score (nSPS) is 16.7. The molecule has 1 aromatic rings. The number of hydrogen-bond acceptors (Lipinski definition) is 6. The molecule has 3 amide bonds. The molecule has 2 rings (SSSR count). The highest BCUT2D eigenvalue weighted by Gasteiger charge is 2.40. The van der Waals surface area contributed by atoms with Crippen molar-refractivity contribution >= 4 is 23.9 Å². The van der Waals surface area contributed by atoms with Gasteiger partial charge in [-0.2, -0.15) is 0 Å². The van der Waals surface area contributed by atoms with Crippen LogP contribution in [-0.4, -0.2) is 63.8 Å². The highest BCUT2D eigenvalue weighted by atomic mass is 16.5. The summed E-state index contributed by atoms with van der Waals surface area (Å²) in [4.78, 5) is 46.7. The Labute approximate surface area is 241 Å². The SMILES string of the molecule is CCC[C@@H](C(=O)N(O)[C@H](C=NCC1CCCCC1)CC(C)C)N(C(=O)CC(C)C)C(=O)[C@@H](N)Cc1ccccc1. The summed E-state index contributed by atoms with van der Waals surface area (Å²) in [7, 11) is 0. The Morgan fingerprint density at radius 3 is 2.25 bits per heavy atom. The van der Waals surface area contributed by atoms with Gasteiger partial charge in [-0.25, -0.2) is 5.06 Å². The highest BCUT2D eigenvalue weighted by molar-refractivity contribution is 6.02. The lowest BCUT2D eigenvalue weighted by atomic mass is 9.89. The van der Waals surface area contributed by atoms with Gasteiger partial charge in [0.15, 0.2) is 0 Å². The monoisotopic (exact) mass is 556 g/mol. The van der Waals surface area contributed by atoms with Gasteiger partial charge in [-0.05, 0) is 55.4 Å². The van der Waals surface area contributed by atoms with E-state index in [1.165, 1.54) is 19.3 Å². The van der Waals surface area contributed by atoms with E-state index in [2.05, 4.69) is 4.99 Å². The smallest absolute Gasteiger partial charge is 0.269 e. The molecule has 1 saturated carbocycles. The van der Waals surface area contributed by atoms with E-state index in [1.54, 1.807) is 6.21 Å². The molecule has 8 nitrogen and oxygen atoms in total. The van der Waals surface area contributed by atoms with Gasteiger partial charge in [-0.3, -0.25) is 29.5 Å². The number of hydrogen-bond donors (Lipinski definition) is 2. The largest absolute Gasteiger partial charge is 0.320 e. The first-order valence-electron chi connectivity index (χ1n) is 15.2. The van der Waals surface area contributed by atoms with E-state index in [0.29, 0.717) is 30.4 Å². The van der Waals surface area contributed by atoms with Crippen LogP contribution >= 0.6 is 0 Å². The van der Waals surface area contributed by atoms with Crippen LogP contribution in [0.25, 0.3) is 0 Å². The Morgan fingerprint density at radius 2 is 1.68 bits per heavy atom. The van der Waals surface area contributed by atoms with Crippen molar-refractivity contribution < 1.29 is 19.6 Å². The van der Waals surface area contributed by atoms with Crippen molar-refractivity contribution in [3.05, 3.63) is 35.9 Å². The van der Waals surface area contributed by atoms with Crippen molar-refractivity contribution in [1.29, 1.82) is 0 Å². The number of aliphatic imine (C=N–C) groups is 1. The van der Waals surface area contributed by atoms with Crippen LogP contribution in [0.4, 0.5) is 0 Å². The van der Waals surface area contributed by atoms with E-state index in [4.69, 9.17) is 5.73 Å². The first-order chi connectivity index (χ1) is 19.0. The number of carbonyl (C=O) groups excluding carboxylic acids is 3. The Hall–Kier alpha value is -2.58. The zero-order valence-corrected chi connectivity index (χ0v) is 25.3. The maximum Gasteiger partial charge on any atom is 0.269 e. The van der Waals surface area contributed by atoms with E-state index in [1.807, 2.05) is 65.0 Å². The van der Waals surface area contributed by atoms with Gasteiger partial charge in [0.1, 0.15) is 6.04 Å². The number of imide groups is 1. The molecule has 0 spiro atoms. The maximum atomic E-state index is 13.9. The number of hydroxylamine groups is 2. The summed E-state index contributed by atoms with van der Waals surface area (Å²) < 4.78 is 0. The van der Waals surface area contributed by atoms with Gasteiger partial charge >= 0.3 is 0 Å². The second-order valence-electron chi connectivity index (χ2n) is 12.2. The molecular formula is C32H52N4O4. The molecule has 0 aromatic heterocycles. The molecular weight excluding hydrogens is 504 g/mol. The van der Waals surface area contributed by atoms with E-state index in [-0.39, 0.29) is 31.1 Å². The summed E-state index contributed by atoms with van der Waals surface area (Å²) in [5.74, 6) is -1.01. The molecule has 1 aliphatic carbocycles. The fraction of sp³-hybridized carbons (Fsp3) is 0.688. The van der Waals surface area contributed by atoms with Crippen molar-refractivity contribution in [3.63, 3.8) is 0 Å². The fourth-order valence-corrected chi connectivity index (χ4v) is 5.39. The number of benzene rings is 1. The number of carbonyl (C=O) groups is 3. The predicted molar refractivity (Wildman–Crippen MR) is 160 cm³/mol. The van der Waals surface area contributed by atoms with Crippen molar-refractivity contribution in [2.24, 2.45) is 28.5 Å². The van der Waals surface area contributed by atoms with Gasteiger partial charge in [0.05, 0.1) is 12.1 Å². The molecule has 0 radical (unpaired) electrons. The third-order valence-electron chi connectivity index (χ3n) is 7.48. The molecule has 0 bridgehead atoms. The van der Waals surface area contributed by atoms with Crippen molar-refractivity contribution in [2.75, 3.05) is 6.54 Å². The average molecular weight is 557 g/mol. The van der Waals surface area contributed by atoms with Crippen LogP contribution in [0.15, 0.2) is 35.3 Å². The third-order valence-corrected chi connectivity index (χ3v) is 7.48. The molecule has 0 aliphatic heterocycles. The summed E-state index contributed by atoms with van der Waals surface area (Å²) in [6, 6.07) is 6.58. The Balaban J connectivity index is 2.31. The maximum absolute atomic E-state index is 13.9. The number of nitrogens with zero attached hydrogens (tertiary/aromatic N) is 3. The predicted octanol–water partition coefficient (Wildman–Crippen LogP) is 5.41. The Morgan fingerprint density at radius 1 is 1.02 bits per heavy atom. The average Bonchev–Trinajstić information content (AvgIpc) is 2.91. The Bertz CT molecular complexity index is 943. The molecule has 1 aromatic carbocycles. The van der Waals surface area contributed by atoms with E-state index >= 15 is 0 Å². The van der Waals surface area contributed by atoms with Gasteiger partial charge in [0, 0.05) is 19.2 Å². The topological polar surface area (TPSA) is 116 Å². The fourth-order valence-electron chi connectivity index (χ4n) is 5.39. The minimum atomic E-state index is -1.14. The van der Waals surface area contributed by atoms with Crippen LogP contribution in [0, 0.1) is 17.8 Å². The van der Waals surface area contributed by atoms with Crippen LogP contribution < -0.4 is 5.73 Å². The quantitative estimate of drug-likeness (QED) is 0.170. The van der Waals surface area contributed by atoms with Crippen LogP contribution in [0.5, 0.6) is 0 Å². The highest BCUT2D eigenvalue weighted by Crippen LogP contribution is 2.24. The minimum absolute atomic E-state index is 0.0173. The molecule has 224 valence electrons. The van der Waals surface area contributed by atoms with E-state index < -0.39 is 35.8 Å². The Kier molecular flexibility index (Phi) is 14.5. The summed E-state index contributed by atoms with van der Waals surface area (Å²) >= 11 is 0. The van der Waals surface area contributed by atoms with Gasteiger partial charge < -0.3 is 5.73 Å². The molecule has 0 unspecified atom stereocenters. The van der Waals surface area contributed by atoms with Gasteiger partial charge in [-0.15, -0.1) is 0 Å². The standard InChI is InChI=1S/C32H52N4O4/c1-6-13-29(32(39)36(40)27(18-23(2)3)22-34-21-26-16-11-8-12-17-26)35(30(37)19-24(4)5)31(38)28(33)20-25-14-9-7-10-15-25/h7,9-10,14-15,22-24,26-29,40H,6,8,11-13,16-21,33H2,1-5H3/t27-,28-,29-/m0/s1. The van der Waals surface area contributed by atoms with Crippen LogP contribution in [0.3, 0.4) is 0 Å². The van der Waals surface area contributed by atoms with E-state index in [0.717, 1.165) is 23.3 Å². The molecule has 40 heavy (non-hydrogen) atoms. The second kappa shape index (κ2) is 17.3. The lowest BCUT2D eigenvalue weighted by Crippen LogP contribution is -2.58. The number of nitrogens with two attached hydrogens (primary N) is 1. The molecule has 1 aliphatic rings. The summed E-state index contributed by atoms with van der Waals surface area (Å²) in [5.41, 5.74) is 7.21. The zero-order chi connectivity index (χ0) is 29.7. The molecule has 3 atom stereocenters. The first kappa shape index (κ1) is 33.6. The van der Waals surface area contributed by atoms with Crippen molar-refractivity contribution in [2.45, 2.75) is 117 Å². The second-order valence-corrected chi connectivity index (χ2v) is 12.2. The number of amides is 3. The molecule has 0 heterocycles. The third kappa shape index (κ3) is 10.8. The van der Waals surface area contributed by atoms with Gasteiger partial charge in [0.25, 0.3) is 5.91 Å². The van der Waals surface area contributed by atoms with Crippen LogP contribution in [0.1, 0.15) is 98.0 Å². The molecule has 0 saturated heterocycles. The molecule has 1 fully saturated rings. The summed E-state index contributed by atoms with van der Waals surface area (Å²) in [6.07, 6.45) is 9.34. The lowest BCUT2D eigenvalue weighted by molar-refractivity contribution is -0.180. The zero-order valence-electron chi connectivity index (χ0n) is 25.3. The first-order valence-corrected chi connectivity index (χ1v) is 15.2. The van der Waals surface area contributed by atoms with E-state index in [9.17, 15) is 19.6 Å². The van der Waals surface area contributed by atoms with Gasteiger partial charge in [0.2, 0.25) is 11.8 Å².